The molecule has 20 heavy (non-hydrogen) atoms. The van der Waals surface area contributed by atoms with Crippen LogP contribution in [-0.4, -0.2) is 5.91 Å². The van der Waals surface area contributed by atoms with Gasteiger partial charge in [0.05, 0.1) is 0 Å². The number of primary amides is 1. The Morgan fingerprint density at radius 2 is 2.05 bits per heavy atom. The summed E-state index contributed by atoms with van der Waals surface area (Å²) >= 11 is 9.40. The minimum atomic E-state index is -0.846. The minimum absolute atomic E-state index is 0.404. The lowest BCUT2D eigenvalue weighted by Crippen LogP contribution is -2.28. The number of hydrogen-bond acceptors (Lipinski definition) is 2. The Kier molecular flexibility index (Phi) is 4.62. The zero-order valence-electron chi connectivity index (χ0n) is 10.2. The fourth-order valence-corrected chi connectivity index (χ4v) is 2.39. The lowest BCUT2D eigenvalue weighted by Gasteiger charge is -2.18. The number of nitrogens with one attached hydrogen (secondary N) is 1. The highest BCUT2D eigenvalue weighted by Crippen LogP contribution is 2.29. The number of anilines is 1. The van der Waals surface area contributed by atoms with Crippen molar-refractivity contribution in [2.24, 2.45) is 5.73 Å². The second-order valence-electron chi connectivity index (χ2n) is 4.16. The van der Waals surface area contributed by atoms with Crippen molar-refractivity contribution in [1.82, 2.24) is 0 Å². The van der Waals surface area contributed by atoms with Gasteiger partial charge in [-0.2, -0.15) is 0 Å². The van der Waals surface area contributed by atoms with E-state index in [1.165, 1.54) is 18.2 Å². The van der Waals surface area contributed by atoms with Crippen molar-refractivity contribution < 1.29 is 9.18 Å². The van der Waals surface area contributed by atoms with E-state index >= 15 is 0 Å². The summed E-state index contributed by atoms with van der Waals surface area (Å²) in [6, 6.07) is 10.0. The summed E-state index contributed by atoms with van der Waals surface area (Å²) in [5, 5.41) is 3.29. The van der Waals surface area contributed by atoms with Gasteiger partial charge < -0.3 is 11.1 Å². The van der Waals surface area contributed by atoms with Gasteiger partial charge in [-0.05, 0) is 36.4 Å². The molecule has 0 aliphatic rings. The predicted molar refractivity (Wildman–Crippen MR) is 81.1 cm³/mol. The van der Waals surface area contributed by atoms with Crippen molar-refractivity contribution in [3.63, 3.8) is 0 Å². The first-order valence-electron chi connectivity index (χ1n) is 5.74. The van der Waals surface area contributed by atoms with Crippen LogP contribution in [0.2, 0.25) is 5.02 Å². The van der Waals surface area contributed by atoms with Crippen LogP contribution in [-0.2, 0) is 4.79 Å². The van der Waals surface area contributed by atoms with Crippen LogP contribution in [0.5, 0.6) is 0 Å². The molecule has 0 spiro atoms. The summed E-state index contributed by atoms with van der Waals surface area (Å²) in [5.41, 5.74) is 6.38. The molecular formula is C14H11BrClFN2O. The Balaban J connectivity index is 2.37. The Hall–Kier alpha value is -1.59. The quantitative estimate of drug-likeness (QED) is 0.872. The van der Waals surface area contributed by atoms with E-state index in [-0.39, 0.29) is 0 Å². The molecule has 2 aromatic rings. The third-order valence-electron chi connectivity index (χ3n) is 2.69. The van der Waals surface area contributed by atoms with Gasteiger partial charge in [-0.15, -0.1) is 0 Å². The SMILES string of the molecule is NC(=O)C(Nc1cccc(F)c1)c1cc(Br)ccc1Cl. The van der Waals surface area contributed by atoms with E-state index in [9.17, 15) is 9.18 Å². The first-order valence-corrected chi connectivity index (χ1v) is 6.91. The lowest BCUT2D eigenvalue weighted by atomic mass is 10.1. The van der Waals surface area contributed by atoms with Gasteiger partial charge in [0.25, 0.3) is 0 Å². The summed E-state index contributed by atoms with van der Waals surface area (Å²) in [7, 11) is 0. The number of carbonyl (C=O) groups excluding carboxylic acids is 1. The smallest absolute Gasteiger partial charge is 0.244 e. The number of amides is 1. The van der Waals surface area contributed by atoms with Crippen LogP contribution in [0.15, 0.2) is 46.9 Å². The lowest BCUT2D eigenvalue weighted by molar-refractivity contribution is -0.118. The average molecular weight is 358 g/mol. The number of nitrogens with two attached hydrogens (primary N) is 1. The van der Waals surface area contributed by atoms with Gasteiger partial charge in [-0.3, -0.25) is 4.79 Å². The van der Waals surface area contributed by atoms with E-state index in [1.807, 2.05) is 0 Å². The van der Waals surface area contributed by atoms with Gasteiger partial charge in [0.2, 0.25) is 5.91 Å². The Labute approximate surface area is 129 Å². The molecule has 2 rings (SSSR count). The molecule has 0 saturated carbocycles. The fourth-order valence-electron chi connectivity index (χ4n) is 1.78. The average Bonchev–Trinajstić information content (AvgIpc) is 2.39. The van der Waals surface area contributed by atoms with E-state index in [0.29, 0.717) is 16.3 Å². The number of carbonyl (C=O) groups is 1. The van der Waals surface area contributed by atoms with Crippen molar-refractivity contribution in [2.45, 2.75) is 6.04 Å². The summed E-state index contributed by atoms with van der Waals surface area (Å²) in [6.07, 6.45) is 0. The van der Waals surface area contributed by atoms with Crippen LogP contribution in [0.25, 0.3) is 0 Å². The Bertz CT molecular complexity index is 651. The predicted octanol–water partition coefficient (Wildman–Crippen LogP) is 3.88. The molecule has 0 heterocycles. The molecule has 0 fully saturated rings. The normalized spacial score (nSPS) is 11.9. The molecule has 104 valence electrons. The molecule has 1 amide bonds. The first-order chi connectivity index (χ1) is 9.47. The first kappa shape index (κ1) is 14.8. The monoisotopic (exact) mass is 356 g/mol. The van der Waals surface area contributed by atoms with Crippen molar-refractivity contribution in [3.8, 4) is 0 Å². The molecule has 3 N–H and O–H groups in total. The van der Waals surface area contributed by atoms with E-state index in [1.54, 1.807) is 24.3 Å². The van der Waals surface area contributed by atoms with Crippen LogP contribution < -0.4 is 11.1 Å². The molecule has 0 saturated heterocycles. The van der Waals surface area contributed by atoms with Crippen molar-refractivity contribution in [3.05, 3.63) is 63.3 Å². The standard InChI is InChI=1S/C14H11BrClFN2O/c15-8-4-5-12(16)11(6-8)13(14(18)20)19-10-3-1-2-9(17)7-10/h1-7,13,19H,(H2,18,20). The molecule has 0 bridgehead atoms. The molecule has 0 aliphatic carbocycles. The van der Waals surface area contributed by atoms with Crippen LogP contribution in [0.3, 0.4) is 0 Å². The van der Waals surface area contributed by atoms with Crippen molar-refractivity contribution in [2.75, 3.05) is 5.32 Å². The fraction of sp³-hybridized carbons (Fsp3) is 0.0714. The molecular weight excluding hydrogens is 347 g/mol. The second-order valence-corrected chi connectivity index (χ2v) is 5.48. The highest BCUT2D eigenvalue weighted by molar-refractivity contribution is 9.10. The Morgan fingerprint density at radius 3 is 2.70 bits per heavy atom. The van der Waals surface area contributed by atoms with Crippen molar-refractivity contribution >= 4 is 39.1 Å². The number of rotatable bonds is 4. The third kappa shape index (κ3) is 3.49. The molecule has 1 unspecified atom stereocenters. The van der Waals surface area contributed by atoms with E-state index in [2.05, 4.69) is 21.2 Å². The number of halogens is 3. The van der Waals surface area contributed by atoms with Gasteiger partial charge in [0, 0.05) is 20.7 Å². The number of hydrogen-bond donors (Lipinski definition) is 2. The molecule has 1 atom stereocenters. The highest BCUT2D eigenvalue weighted by atomic mass is 79.9. The van der Waals surface area contributed by atoms with Gasteiger partial charge in [0.15, 0.2) is 0 Å². The van der Waals surface area contributed by atoms with E-state index < -0.39 is 17.8 Å². The molecule has 2 aromatic carbocycles. The minimum Gasteiger partial charge on any atom is -0.370 e. The van der Waals surface area contributed by atoms with Gasteiger partial charge in [0.1, 0.15) is 11.9 Å². The van der Waals surface area contributed by atoms with Crippen LogP contribution in [0, 0.1) is 5.82 Å². The van der Waals surface area contributed by atoms with Crippen LogP contribution in [0.4, 0.5) is 10.1 Å². The highest BCUT2D eigenvalue weighted by Gasteiger charge is 2.21. The topological polar surface area (TPSA) is 55.1 Å². The van der Waals surface area contributed by atoms with Crippen LogP contribution >= 0.6 is 27.5 Å². The maximum absolute atomic E-state index is 13.2. The zero-order valence-corrected chi connectivity index (χ0v) is 12.6. The van der Waals surface area contributed by atoms with E-state index in [4.69, 9.17) is 17.3 Å². The summed E-state index contributed by atoms with van der Waals surface area (Å²) in [4.78, 5) is 11.6. The van der Waals surface area contributed by atoms with E-state index in [0.717, 1.165) is 4.47 Å². The number of benzene rings is 2. The summed E-state index contributed by atoms with van der Waals surface area (Å²) in [6.45, 7) is 0. The molecule has 6 heteroatoms. The third-order valence-corrected chi connectivity index (χ3v) is 3.53. The molecule has 0 aliphatic heterocycles. The zero-order chi connectivity index (χ0) is 14.7. The molecule has 3 nitrogen and oxygen atoms in total. The maximum Gasteiger partial charge on any atom is 0.244 e. The Morgan fingerprint density at radius 1 is 1.30 bits per heavy atom. The van der Waals surface area contributed by atoms with Gasteiger partial charge >= 0.3 is 0 Å². The van der Waals surface area contributed by atoms with Crippen LogP contribution in [0.1, 0.15) is 11.6 Å². The molecule has 0 aromatic heterocycles. The maximum atomic E-state index is 13.2. The van der Waals surface area contributed by atoms with Gasteiger partial charge in [-0.1, -0.05) is 33.6 Å². The summed E-state index contributed by atoms with van der Waals surface area (Å²) < 4.78 is 13.9. The largest absolute Gasteiger partial charge is 0.370 e. The van der Waals surface area contributed by atoms with Gasteiger partial charge in [-0.25, -0.2) is 4.39 Å². The molecule has 0 radical (unpaired) electrons. The second kappa shape index (κ2) is 6.24. The summed E-state index contributed by atoms with van der Waals surface area (Å²) in [5.74, 6) is -1.01. The van der Waals surface area contributed by atoms with Crippen molar-refractivity contribution in [1.29, 1.82) is 0 Å².